The molecule has 2 saturated carbocycles. The summed E-state index contributed by atoms with van der Waals surface area (Å²) in [4.78, 5) is 69.6. The van der Waals surface area contributed by atoms with Crippen LogP contribution in [0, 0.1) is 11.8 Å². The lowest BCUT2D eigenvalue weighted by atomic mass is 9.96. The van der Waals surface area contributed by atoms with Gasteiger partial charge in [-0.05, 0) is 97.6 Å². The number of rotatable bonds is 13. The average molecular weight is 863 g/mol. The first-order valence-electron chi connectivity index (χ1n) is 22.1. The standard InChI is InChI=1S/C50H50N6O4S2/c57-45(37-23-24-37)53-43(35-9-3-1-4-10-35)49(59)55-27-7-13-39(55)47-51-29-41(61-47)33-19-15-31(16-20-33)32-17-21-34(22-18-32)42-30-52-48(62-42)40-14-8-28-56(40)50(60)44(36-11-5-2-6-12-36)54-46(58)38-25-26-38/h1-5,9-11,15-22,29-30,37-40,43-44H,6-8,12-14,23-28H2,(H,53,57)(H,54,58)/t39-,40-,43+,44+/m1/s1. The number of hydrogen-bond donors (Lipinski definition) is 2. The lowest BCUT2D eigenvalue weighted by Gasteiger charge is -2.30. The molecule has 5 aromatic rings. The lowest BCUT2D eigenvalue weighted by molar-refractivity contribution is -0.137. The highest BCUT2D eigenvalue weighted by molar-refractivity contribution is 7.15. The molecule has 0 spiro atoms. The molecule has 4 heterocycles. The molecule has 3 aromatic carbocycles. The SMILES string of the molecule is O=C(N[C@H](C(=O)N1CCC[C@@H]1c1ncc(-c2ccc(-c3ccc(-c4cnc([C@H]5CCCN5C(=O)[C@@H](NC(=O)C5CC5)c5ccccc5)s4)cc3)cc2)s1)C1=CC=CCC1)C1CC1. The summed E-state index contributed by atoms with van der Waals surface area (Å²) in [6, 6.07) is 25.1. The number of carbonyl (C=O) groups excluding carboxylic acids is 4. The maximum atomic E-state index is 14.2. The van der Waals surface area contributed by atoms with Crippen molar-refractivity contribution in [2.45, 2.75) is 88.4 Å². The van der Waals surface area contributed by atoms with E-state index in [-0.39, 0.29) is 47.5 Å². The molecule has 2 aliphatic heterocycles. The van der Waals surface area contributed by atoms with Crippen LogP contribution in [0.15, 0.2) is 115 Å². The van der Waals surface area contributed by atoms with Crippen molar-refractivity contribution < 1.29 is 19.2 Å². The second-order valence-corrected chi connectivity index (χ2v) is 19.3. The summed E-state index contributed by atoms with van der Waals surface area (Å²) in [7, 11) is 0. The van der Waals surface area contributed by atoms with Crippen LogP contribution in [0.4, 0.5) is 0 Å². The Morgan fingerprint density at radius 2 is 1.08 bits per heavy atom. The number of aromatic nitrogens is 2. The number of allylic oxidation sites excluding steroid dienone is 3. The normalized spacial score (nSPS) is 20.7. The Hall–Kier alpha value is -5.72. The van der Waals surface area contributed by atoms with E-state index in [4.69, 9.17) is 9.97 Å². The van der Waals surface area contributed by atoms with Gasteiger partial charge in [0.1, 0.15) is 22.1 Å². The van der Waals surface area contributed by atoms with Gasteiger partial charge in [0.15, 0.2) is 0 Å². The lowest BCUT2D eigenvalue weighted by Crippen LogP contribution is -2.50. The Bertz CT molecular complexity index is 2520. The summed E-state index contributed by atoms with van der Waals surface area (Å²) >= 11 is 3.27. The van der Waals surface area contributed by atoms with E-state index >= 15 is 0 Å². The van der Waals surface area contributed by atoms with Gasteiger partial charge in [-0.15, -0.1) is 22.7 Å². The fourth-order valence-electron chi connectivity index (χ4n) is 9.03. The van der Waals surface area contributed by atoms with Crippen LogP contribution in [0.2, 0.25) is 0 Å². The van der Waals surface area contributed by atoms with Gasteiger partial charge in [-0.2, -0.15) is 0 Å². The fraction of sp³-hybridized carbons (Fsp3) is 0.360. The van der Waals surface area contributed by atoms with Crippen molar-refractivity contribution in [2.75, 3.05) is 13.1 Å². The Morgan fingerprint density at radius 3 is 1.56 bits per heavy atom. The monoisotopic (exact) mass is 862 g/mol. The molecule has 4 fully saturated rings. The van der Waals surface area contributed by atoms with Crippen LogP contribution < -0.4 is 10.6 Å². The van der Waals surface area contributed by atoms with Gasteiger partial charge in [0.05, 0.1) is 21.8 Å². The van der Waals surface area contributed by atoms with E-state index in [1.54, 1.807) is 22.7 Å². The van der Waals surface area contributed by atoms with Crippen LogP contribution in [0.25, 0.3) is 32.0 Å². The van der Waals surface area contributed by atoms with Crippen LogP contribution >= 0.6 is 22.7 Å². The van der Waals surface area contributed by atoms with Gasteiger partial charge in [-0.25, -0.2) is 9.97 Å². The van der Waals surface area contributed by atoms with Crippen LogP contribution in [-0.2, 0) is 19.2 Å². The average Bonchev–Trinajstić information content (AvgIpc) is 4.07. The Balaban J connectivity index is 0.795. The molecule has 10 rings (SSSR count). The second-order valence-electron chi connectivity index (χ2n) is 17.2. The minimum absolute atomic E-state index is 0.00738. The number of hydrogen-bond acceptors (Lipinski definition) is 8. The molecular weight excluding hydrogens is 813 g/mol. The number of carbonyl (C=O) groups is 4. The largest absolute Gasteiger partial charge is 0.341 e. The molecule has 0 unspecified atom stereocenters. The van der Waals surface area contributed by atoms with Gasteiger partial charge in [0.25, 0.3) is 0 Å². The molecule has 4 amide bonds. The van der Waals surface area contributed by atoms with Gasteiger partial charge in [-0.1, -0.05) is 97.1 Å². The first kappa shape index (κ1) is 40.4. The van der Waals surface area contributed by atoms with E-state index in [2.05, 4.69) is 65.2 Å². The maximum absolute atomic E-state index is 14.2. The number of nitrogens with one attached hydrogen (secondary N) is 2. The minimum Gasteiger partial charge on any atom is -0.341 e. The van der Waals surface area contributed by atoms with Crippen molar-refractivity contribution in [2.24, 2.45) is 11.8 Å². The first-order valence-corrected chi connectivity index (χ1v) is 23.8. The fourth-order valence-corrected chi connectivity index (χ4v) is 11.2. The summed E-state index contributed by atoms with van der Waals surface area (Å²) in [5.41, 5.74) is 6.15. The molecule has 3 aliphatic carbocycles. The Morgan fingerprint density at radius 1 is 0.597 bits per heavy atom. The molecule has 2 aromatic heterocycles. The minimum atomic E-state index is -0.709. The first-order chi connectivity index (χ1) is 30.4. The number of likely N-dealkylation sites (tertiary alicyclic amines) is 2. The van der Waals surface area contributed by atoms with E-state index in [1.165, 1.54) is 0 Å². The topological polar surface area (TPSA) is 125 Å². The Kier molecular flexibility index (Phi) is 11.4. The molecule has 62 heavy (non-hydrogen) atoms. The van der Waals surface area contributed by atoms with Crippen LogP contribution in [0.1, 0.15) is 97.9 Å². The molecule has 10 nitrogen and oxygen atoms in total. The molecule has 2 saturated heterocycles. The van der Waals surface area contributed by atoms with Crippen molar-refractivity contribution >= 4 is 46.3 Å². The van der Waals surface area contributed by atoms with Crippen molar-refractivity contribution in [3.8, 4) is 32.0 Å². The third kappa shape index (κ3) is 8.55. The summed E-state index contributed by atoms with van der Waals surface area (Å²) in [5.74, 6) is -0.101. The third-order valence-electron chi connectivity index (χ3n) is 12.9. The highest BCUT2D eigenvalue weighted by Gasteiger charge is 2.41. The van der Waals surface area contributed by atoms with Crippen LogP contribution in [-0.4, -0.2) is 62.5 Å². The van der Waals surface area contributed by atoms with Gasteiger partial charge >= 0.3 is 0 Å². The zero-order chi connectivity index (χ0) is 42.2. The molecule has 0 radical (unpaired) electrons. The molecule has 5 aliphatic rings. The predicted molar refractivity (Wildman–Crippen MR) is 243 cm³/mol. The summed E-state index contributed by atoms with van der Waals surface area (Å²) in [6.07, 6.45) is 18.6. The Labute approximate surface area is 370 Å². The number of thiazole rings is 2. The van der Waals surface area contributed by atoms with E-state index in [0.717, 1.165) is 117 Å². The number of amides is 4. The molecule has 12 heteroatoms. The second kappa shape index (κ2) is 17.6. The van der Waals surface area contributed by atoms with Gasteiger partial charge in [-0.3, -0.25) is 19.2 Å². The maximum Gasteiger partial charge on any atom is 0.250 e. The molecule has 2 N–H and O–H groups in total. The highest BCUT2D eigenvalue weighted by Crippen LogP contribution is 2.41. The van der Waals surface area contributed by atoms with Crippen molar-refractivity contribution in [3.05, 3.63) is 131 Å². The van der Waals surface area contributed by atoms with E-state index in [1.807, 2.05) is 64.7 Å². The molecular formula is C50H50N6O4S2. The highest BCUT2D eigenvalue weighted by atomic mass is 32.1. The molecule has 4 atom stereocenters. The quantitative estimate of drug-likeness (QED) is 0.122. The zero-order valence-corrected chi connectivity index (χ0v) is 36.2. The van der Waals surface area contributed by atoms with Crippen molar-refractivity contribution in [1.82, 2.24) is 30.4 Å². The van der Waals surface area contributed by atoms with Gasteiger partial charge in [0, 0.05) is 37.3 Å². The number of benzene rings is 3. The van der Waals surface area contributed by atoms with Gasteiger partial charge < -0.3 is 20.4 Å². The molecule has 316 valence electrons. The molecule has 0 bridgehead atoms. The van der Waals surface area contributed by atoms with Crippen molar-refractivity contribution in [3.63, 3.8) is 0 Å². The zero-order valence-electron chi connectivity index (χ0n) is 34.6. The van der Waals surface area contributed by atoms with Crippen LogP contribution in [0.3, 0.4) is 0 Å². The van der Waals surface area contributed by atoms with Crippen LogP contribution in [0.5, 0.6) is 0 Å². The predicted octanol–water partition coefficient (Wildman–Crippen LogP) is 9.37. The smallest absolute Gasteiger partial charge is 0.250 e. The van der Waals surface area contributed by atoms with E-state index in [9.17, 15) is 19.2 Å². The summed E-state index contributed by atoms with van der Waals surface area (Å²) in [5, 5.41) is 8.03. The van der Waals surface area contributed by atoms with Crippen molar-refractivity contribution in [1.29, 1.82) is 0 Å². The van der Waals surface area contributed by atoms with E-state index in [0.29, 0.717) is 13.1 Å². The number of nitrogens with zero attached hydrogens (tertiary/aromatic N) is 4. The van der Waals surface area contributed by atoms with E-state index < -0.39 is 12.1 Å². The summed E-state index contributed by atoms with van der Waals surface area (Å²) in [6.45, 7) is 1.30. The third-order valence-corrected chi connectivity index (χ3v) is 15.2. The van der Waals surface area contributed by atoms with Gasteiger partial charge in [0.2, 0.25) is 23.6 Å². The summed E-state index contributed by atoms with van der Waals surface area (Å²) < 4.78 is 0.